The molecule has 0 radical (unpaired) electrons. The average Bonchev–Trinajstić information content (AvgIpc) is 2.75. The molecule has 0 aliphatic carbocycles. The second kappa shape index (κ2) is 5.85. The van der Waals surface area contributed by atoms with Crippen LogP contribution in [0.4, 0.5) is 0 Å². The van der Waals surface area contributed by atoms with Crippen molar-refractivity contribution in [2.75, 3.05) is 7.05 Å². The van der Waals surface area contributed by atoms with Crippen molar-refractivity contribution in [3.05, 3.63) is 56.9 Å². The van der Waals surface area contributed by atoms with Gasteiger partial charge >= 0.3 is 0 Å². The molecule has 90 valence electrons. The van der Waals surface area contributed by atoms with Crippen LogP contribution in [-0.2, 0) is 6.42 Å². The summed E-state index contributed by atoms with van der Waals surface area (Å²) >= 11 is 6.89. The molecule has 4 heteroatoms. The van der Waals surface area contributed by atoms with Gasteiger partial charge in [0.1, 0.15) is 5.76 Å². The lowest BCUT2D eigenvalue weighted by atomic mass is 10.0. The first-order valence-electron chi connectivity index (χ1n) is 5.36. The standard InChI is InChI=1S/C13H13Br2NO/c1-16-11(12-6-7-13(15)17-12)8-9-4-2-3-5-10(9)14/h2-7,11,16H,8H2,1H3. The molecule has 17 heavy (non-hydrogen) atoms. The lowest BCUT2D eigenvalue weighted by Gasteiger charge is -2.14. The van der Waals surface area contributed by atoms with E-state index in [2.05, 4.69) is 49.3 Å². The Morgan fingerprint density at radius 1 is 1.18 bits per heavy atom. The number of nitrogens with one attached hydrogen (secondary N) is 1. The average molecular weight is 359 g/mol. The van der Waals surface area contributed by atoms with Crippen LogP contribution in [-0.4, -0.2) is 7.05 Å². The number of rotatable bonds is 4. The van der Waals surface area contributed by atoms with Crippen LogP contribution in [0, 0.1) is 0 Å². The molecule has 0 fully saturated rings. The molecule has 1 aromatic carbocycles. The zero-order chi connectivity index (χ0) is 12.3. The molecule has 1 aromatic heterocycles. The highest BCUT2D eigenvalue weighted by molar-refractivity contribution is 9.10. The van der Waals surface area contributed by atoms with E-state index >= 15 is 0 Å². The van der Waals surface area contributed by atoms with Crippen molar-refractivity contribution in [1.82, 2.24) is 5.32 Å². The van der Waals surface area contributed by atoms with E-state index in [1.807, 2.05) is 31.3 Å². The predicted octanol–water partition coefficient (Wildman–Crippen LogP) is 4.31. The van der Waals surface area contributed by atoms with Crippen LogP contribution in [0.1, 0.15) is 17.4 Å². The van der Waals surface area contributed by atoms with E-state index in [0.717, 1.165) is 21.3 Å². The Kier molecular flexibility index (Phi) is 4.42. The van der Waals surface area contributed by atoms with Crippen LogP contribution in [0.2, 0.25) is 0 Å². The Morgan fingerprint density at radius 3 is 2.53 bits per heavy atom. The highest BCUT2D eigenvalue weighted by Gasteiger charge is 2.15. The van der Waals surface area contributed by atoms with E-state index in [4.69, 9.17) is 4.42 Å². The second-order valence-corrected chi connectivity index (χ2v) is 5.41. The maximum Gasteiger partial charge on any atom is 0.169 e. The summed E-state index contributed by atoms with van der Waals surface area (Å²) in [6, 6.07) is 12.3. The molecule has 1 N–H and O–H groups in total. The summed E-state index contributed by atoms with van der Waals surface area (Å²) in [6.07, 6.45) is 0.887. The summed E-state index contributed by atoms with van der Waals surface area (Å²) in [5.41, 5.74) is 1.26. The summed E-state index contributed by atoms with van der Waals surface area (Å²) in [5, 5.41) is 3.27. The fraction of sp³-hybridized carbons (Fsp3) is 0.231. The van der Waals surface area contributed by atoms with Gasteiger partial charge in [-0.2, -0.15) is 0 Å². The van der Waals surface area contributed by atoms with Crippen molar-refractivity contribution < 1.29 is 4.42 Å². The molecule has 0 saturated heterocycles. The van der Waals surface area contributed by atoms with E-state index < -0.39 is 0 Å². The highest BCUT2D eigenvalue weighted by atomic mass is 79.9. The molecule has 0 aliphatic rings. The molecule has 0 aliphatic heterocycles. The summed E-state index contributed by atoms with van der Waals surface area (Å²) < 4.78 is 7.48. The van der Waals surface area contributed by atoms with Crippen molar-refractivity contribution in [1.29, 1.82) is 0 Å². The molecule has 0 amide bonds. The fourth-order valence-corrected chi connectivity index (χ4v) is 2.51. The van der Waals surface area contributed by atoms with Crippen LogP contribution >= 0.6 is 31.9 Å². The molecule has 0 bridgehead atoms. The number of hydrogen-bond donors (Lipinski definition) is 1. The maximum atomic E-state index is 5.59. The van der Waals surface area contributed by atoms with Crippen molar-refractivity contribution in [2.24, 2.45) is 0 Å². The zero-order valence-corrected chi connectivity index (χ0v) is 12.6. The molecule has 0 saturated carbocycles. The van der Waals surface area contributed by atoms with Crippen LogP contribution in [0.15, 0.2) is 50.0 Å². The molecule has 1 atom stereocenters. The molecular formula is C13H13Br2NO. The third-order valence-corrected chi connectivity index (χ3v) is 3.87. The number of benzene rings is 1. The monoisotopic (exact) mass is 357 g/mol. The van der Waals surface area contributed by atoms with E-state index in [1.54, 1.807) is 0 Å². The molecule has 1 unspecified atom stereocenters. The first-order valence-corrected chi connectivity index (χ1v) is 6.95. The Hall–Kier alpha value is -0.580. The smallest absolute Gasteiger partial charge is 0.169 e. The van der Waals surface area contributed by atoms with Gasteiger partial charge in [0.05, 0.1) is 6.04 Å². The van der Waals surface area contributed by atoms with Crippen LogP contribution in [0.3, 0.4) is 0 Å². The van der Waals surface area contributed by atoms with Gasteiger partial charge in [0, 0.05) is 4.47 Å². The van der Waals surface area contributed by atoms with E-state index in [9.17, 15) is 0 Å². The maximum absolute atomic E-state index is 5.59. The SMILES string of the molecule is CNC(Cc1ccccc1Br)c1ccc(Br)o1. The normalized spacial score (nSPS) is 12.6. The number of furan rings is 1. The van der Waals surface area contributed by atoms with Gasteiger partial charge in [-0.05, 0) is 53.2 Å². The van der Waals surface area contributed by atoms with E-state index in [1.165, 1.54) is 5.56 Å². The van der Waals surface area contributed by atoms with Crippen LogP contribution in [0.25, 0.3) is 0 Å². The molecular weight excluding hydrogens is 346 g/mol. The molecule has 0 spiro atoms. The van der Waals surface area contributed by atoms with E-state index in [0.29, 0.717) is 0 Å². The Morgan fingerprint density at radius 2 is 1.94 bits per heavy atom. The van der Waals surface area contributed by atoms with Gasteiger partial charge in [-0.25, -0.2) is 0 Å². The fourth-order valence-electron chi connectivity index (χ4n) is 1.74. The van der Waals surface area contributed by atoms with Gasteiger partial charge in [0.15, 0.2) is 4.67 Å². The lowest BCUT2D eigenvalue weighted by Crippen LogP contribution is -2.18. The van der Waals surface area contributed by atoms with Gasteiger partial charge < -0.3 is 9.73 Å². The van der Waals surface area contributed by atoms with Crippen LogP contribution < -0.4 is 5.32 Å². The van der Waals surface area contributed by atoms with Gasteiger partial charge in [-0.15, -0.1) is 0 Å². The van der Waals surface area contributed by atoms with Gasteiger partial charge in [0.25, 0.3) is 0 Å². The van der Waals surface area contributed by atoms with Gasteiger partial charge in [0.2, 0.25) is 0 Å². The quantitative estimate of drug-likeness (QED) is 0.880. The minimum atomic E-state index is 0.181. The minimum Gasteiger partial charge on any atom is -0.453 e. The number of hydrogen-bond acceptors (Lipinski definition) is 2. The van der Waals surface area contributed by atoms with Crippen molar-refractivity contribution in [3.63, 3.8) is 0 Å². The van der Waals surface area contributed by atoms with Crippen molar-refractivity contribution in [3.8, 4) is 0 Å². The first-order chi connectivity index (χ1) is 8.20. The third-order valence-electron chi connectivity index (χ3n) is 2.67. The van der Waals surface area contributed by atoms with E-state index in [-0.39, 0.29) is 6.04 Å². The summed E-state index contributed by atoms with van der Waals surface area (Å²) in [4.78, 5) is 0. The largest absolute Gasteiger partial charge is 0.453 e. The second-order valence-electron chi connectivity index (χ2n) is 3.78. The number of likely N-dealkylation sites (N-methyl/N-ethyl adjacent to an activating group) is 1. The minimum absolute atomic E-state index is 0.181. The summed E-state index contributed by atoms with van der Waals surface area (Å²) in [6.45, 7) is 0. The predicted molar refractivity (Wildman–Crippen MR) is 76.1 cm³/mol. The molecule has 2 nitrogen and oxygen atoms in total. The van der Waals surface area contributed by atoms with Gasteiger partial charge in [-0.1, -0.05) is 34.1 Å². The zero-order valence-electron chi connectivity index (χ0n) is 9.41. The highest BCUT2D eigenvalue weighted by Crippen LogP contribution is 2.26. The molecule has 2 rings (SSSR count). The Balaban J connectivity index is 2.18. The van der Waals surface area contributed by atoms with Crippen molar-refractivity contribution in [2.45, 2.75) is 12.5 Å². The van der Waals surface area contributed by atoms with Crippen molar-refractivity contribution >= 4 is 31.9 Å². The molecule has 1 heterocycles. The lowest BCUT2D eigenvalue weighted by molar-refractivity contribution is 0.416. The third kappa shape index (κ3) is 3.21. The number of halogens is 2. The Labute approximate surface area is 118 Å². The summed E-state index contributed by atoms with van der Waals surface area (Å²) in [5.74, 6) is 0.940. The molecule has 2 aromatic rings. The van der Waals surface area contributed by atoms with Crippen LogP contribution in [0.5, 0.6) is 0 Å². The Bertz CT molecular complexity index is 496. The summed E-state index contributed by atoms with van der Waals surface area (Å²) in [7, 11) is 1.94. The topological polar surface area (TPSA) is 25.2 Å². The van der Waals surface area contributed by atoms with Gasteiger partial charge in [-0.3, -0.25) is 0 Å². The first kappa shape index (κ1) is 12.9.